The molecule has 1 aromatic heterocycles. The van der Waals surface area contributed by atoms with Crippen LogP contribution in [0.5, 0.6) is 0 Å². The SMILES string of the molecule is C=C1CC2C(CCc3ccccc3-c3ncnn31)c1ccccc1CN1c3ccccc3N(C)C21. The Kier molecular flexibility index (Phi) is 4.59. The van der Waals surface area contributed by atoms with Crippen molar-refractivity contribution in [2.45, 2.75) is 37.9 Å². The van der Waals surface area contributed by atoms with E-state index >= 15 is 0 Å². The van der Waals surface area contributed by atoms with Crippen molar-refractivity contribution < 1.29 is 0 Å². The Hall–Kier alpha value is -3.86. The van der Waals surface area contributed by atoms with Gasteiger partial charge in [0.2, 0.25) is 0 Å². The molecule has 0 saturated carbocycles. The highest BCUT2D eigenvalue weighted by molar-refractivity contribution is 5.78. The number of nitrogens with zero attached hydrogens (tertiary/aromatic N) is 5. The van der Waals surface area contributed by atoms with Gasteiger partial charge in [0.25, 0.3) is 0 Å². The third kappa shape index (κ3) is 3.07. The van der Waals surface area contributed by atoms with Crippen LogP contribution in [0.1, 0.15) is 35.4 Å². The molecule has 3 atom stereocenters. The Balaban J connectivity index is 1.42. The molecule has 174 valence electrons. The molecular weight excluding hydrogens is 430 g/mol. The van der Waals surface area contributed by atoms with Crippen molar-refractivity contribution >= 4 is 17.1 Å². The fraction of sp³-hybridized carbons (Fsp3) is 0.267. The minimum absolute atomic E-state index is 0.253. The van der Waals surface area contributed by atoms with E-state index in [1.54, 1.807) is 6.33 Å². The van der Waals surface area contributed by atoms with E-state index in [1.807, 2.05) is 4.68 Å². The summed E-state index contributed by atoms with van der Waals surface area (Å²) >= 11 is 0. The first-order valence-electron chi connectivity index (χ1n) is 12.5. The lowest BCUT2D eigenvalue weighted by Crippen LogP contribution is -2.47. The minimum Gasteiger partial charge on any atom is -0.352 e. The number of para-hydroxylation sites is 2. The van der Waals surface area contributed by atoms with Crippen LogP contribution in [0.3, 0.4) is 0 Å². The van der Waals surface area contributed by atoms with Crippen LogP contribution >= 0.6 is 0 Å². The van der Waals surface area contributed by atoms with Crippen molar-refractivity contribution in [2.24, 2.45) is 5.92 Å². The summed E-state index contributed by atoms with van der Waals surface area (Å²) in [5.41, 5.74) is 9.06. The molecule has 35 heavy (non-hydrogen) atoms. The van der Waals surface area contributed by atoms with Crippen molar-refractivity contribution in [3.8, 4) is 11.4 Å². The number of anilines is 2. The molecule has 0 aliphatic carbocycles. The number of hydrogen-bond acceptors (Lipinski definition) is 4. The Labute approximate surface area is 206 Å². The highest BCUT2D eigenvalue weighted by Gasteiger charge is 2.45. The van der Waals surface area contributed by atoms with E-state index < -0.39 is 0 Å². The molecule has 5 nitrogen and oxygen atoms in total. The Morgan fingerprint density at radius 3 is 2.51 bits per heavy atom. The van der Waals surface area contributed by atoms with Gasteiger partial charge in [0, 0.05) is 30.8 Å². The van der Waals surface area contributed by atoms with Crippen LogP contribution in [0.4, 0.5) is 11.4 Å². The first-order valence-corrected chi connectivity index (χ1v) is 12.5. The highest BCUT2D eigenvalue weighted by Crippen LogP contribution is 2.51. The normalized spacial score (nSPS) is 22.8. The molecule has 3 aliphatic heterocycles. The summed E-state index contributed by atoms with van der Waals surface area (Å²) in [6.07, 6.45) is 4.88. The van der Waals surface area contributed by atoms with Crippen LogP contribution in [0.2, 0.25) is 0 Å². The van der Waals surface area contributed by atoms with Gasteiger partial charge in [-0.15, -0.1) is 0 Å². The molecule has 3 aromatic carbocycles. The van der Waals surface area contributed by atoms with Crippen molar-refractivity contribution in [3.63, 3.8) is 0 Å². The van der Waals surface area contributed by atoms with Crippen molar-refractivity contribution in [1.82, 2.24) is 14.8 Å². The quantitative estimate of drug-likeness (QED) is 0.326. The molecular formula is C30H29N5. The molecule has 0 fully saturated rings. The predicted molar refractivity (Wildman–Crippen MR) is 141 cm³/mol. The standard InChI is InChI=1S/C30H29N5/c1-20-17-26-25(16-15-21-9-3-6-12-24(21)29-31-19-32-35(20)29)23-11-5-4-10-22(23)18-34-28-14-8-7-13-27(28)33(2)30(26)34/h3-14,19,25-26,30H,1,15-18H2,2H3. The monoisotopic (exact) mass is 459 g/mol. The number of benzene rings is 3. The summed E-state index contributed by atoms with van der Waals surface area (Å²) in [5.74, 6) is 1.66. The van der Waals surface area contributed by atoms with Gasteiger partial charge < -0.3 is 9.80 Å². The van der Waals surface area contributed by atoms with Gasteiger partial charge in [-0.2, -0.15) is 5.10 Å². The van der Waals surface area contributed by atoms with Crippen LogP contribution in [-0.4, -0.2) is 28.0 Å². The van der Waals surface area contributed by atoms with E-state index in [4.69, 9.17) is 0 Å². The second-order valence-electron chi connectivity index (χ2n) is 10.1. The van der Waals surface area contributed by atoms with E-state index in [0.717, 1.165) is 37.3 Å². The molecule has 4 aromatic rings. The molecule has 0 amide bonds. The second-order valence-corrected chi connectivity index (χ2v) is 10.1. The van der Waals surface area contributed by atoms with E-state index in [9.17, 15) is 0 Å². The van der Waals surface area contributed by atoms with E-state index in [2.05, 4.69) is 106 Å². The lowest BCUT2D eigenvalue weighted by Gasteiger charge is -2.39. The maximum Gasteiger partial charge on any atom is 0.163 e. The fourth-order valence-electron chi connectivity index (χ4n) is 6.76. The molecule has 0 bridgehead atoms. The molecule has 0 saturated heterocycles. The molecule has 0 spiro atoms. The molecule has 4 heterocycles. The van der Waals surface area contributed by atoms with Gasteiger partial charge in [-0.3, -0.25) is 0 Å². The molecule has 3 aliphatic rings. The van der Waals surface area contributed by atoms with Crippen LogP contribution < -0.4 is 9.80 Å². The molecule has 0 radical (unpaired) electrons. The van der Waals surface area contributed by atoms with Crippen LogP contribution in [0.15, 0.2) is 85.7 Å². The lowest BCUT2D eigenvalue weighted by atomic mass is 9.76. The zero-order chi connectivity index (χ0) is 23.5. The zero-order valence-electron chi connectivity index (χ0n) is 20.0. The number of aromatic nitrogens is 3. The van der Waals surface area contributed by atoms with Crippen molar-refractivity contribution in [3.05, 3.63) is 102 Å². The predicted octanol–water partition coefficient (Wildman–Crippen LogP) is 5.95. The average Bonchev–Trinajstić information content (AvgIpc) is 3.44. The maximum atomic E-state index is 4.66. The topological polar surface area (TPSA) is 37.2 Å². The summed E-state index contributed by atoms with van der Waals surface area (Å²) in [6.45, 7) is 5.49. The first kappa shape index (κ1) is 20.5. The summed E-state index contributed by atoms with van der Waals surface area (Å²) in [4.78, 5) is 9.78. The fourth-order valence-corrected chi connectivity index (χ4v) is 6.76. The van der Waals surface area contributed by atoms with Gasteiger partial charge in [-0.05, 0) is 54.0 Å². The van der Waals surface area contributed by atoms with Gasteiger partial charge in [0.05, 0.1) is 11.4 Å². The maximum absolute atomic E-state index is 4.66. The molecule has 3 unspecified atom stereocenters. The Morgan fingerprint density at radius 1 is 0.886 bits per heavy atom. The first-order chi connectivity index (χ1) is 17.2. The number of rotatable bonds is 0. The smallest absolute Gasteiger partial charge is 0.163 e. The number of fused-ring (bicyclic) bond motifs is 10. The summed E-state index contributed by atoms with van der Waals surface area (Å²) in [5, 5.41) is 4.64. The van der Waals surface area contributed by atoms with Gasteiger partial charge in [-0.25, -0.2) is 9.67 Å². The van der Waals surface area contributed by atoms with Crippen molar-refractivity contribution in [1.29, 1.82) is 0 Å². The number of allylic oxidation sites excluding steroid dienone is 1. The van der Waals surface area contributed by atoms with Gasteiger partial charge >= 0.3 is 0 Å². The van der Waals surface area contributed by atoms with Gasteiger partial charge in [0.1, 0.15) is 12.5 Å². The lowest BCUT2D eigenvalue weighted by molar-refractivity contribution is 0.336. The molecule has 5 heteroatoms. The number of aryl methyl sites for hydroxylation is 1. The third-order valence-corrected chi connectivity index (χ3v) is 8.28. The van der Waals surface area contributed by atoms with Crippen LogP contribution in [0, 0.1) is 5.92 Å². The zero-order valence-corrected chi connectivity index (χ0v) is 20.0. The minimum atomic E-state index is 0.253. The second kappa shape index (κ2) is 7.84. The average molecular weight is 460 g/mol. The van der Waals surface area contributed by atoms with Gasteiger partial charge in [0.15, 0.2) is 5.82 Å². The van der Waals surface area contributed by atoms with Crippen molar-refractivity contribution in [2.75, 3.05) is 16.8 Å². The van der Waals surface area contributed by atoms with Crippen LogP contribution in [-0.2, 0) is 13.0 Å². The van der Waals surface area contributed by atoms with E-state index in [-0.39, 0.29) is 6.17 Å². The summed E-state index contributed by atoms with van der Waals surface area (Å²) in [6, 6.07) is 26.6. The van der Waals surface area contributed by atoms with E-state index in [1.165, 1.54) is 33.6 Å². The van der Waals surface area contributed by atoms with Crippen LogP contribution in [0.25, 0.3) is 17.1 Å². The highest BCUT2D eigenvalue weighted by atomic mass is 15.4. The van der Waals surface area contributed by atoms with Gasteiger partial charge in [-0.1, -0.05) is 67.2 Å². The molecule has 0 N–H and O–H groups in total. The largest absolute Gasteiger partial charge is 0.352 e. The summed E-state index contributed by atoms with van der Waals surface area (Å²) < 4.78 is 1.98. The third-order valence-electron chi connectivity index (χ3n) is 8.28. The summed E-state index contributed by atoms with van der Waals surface area (Å²) in [7, 11) is 2.26. The Bertz CT molecular complexity index is 1440. The van der Waals surface area contributed by atoms with E-state index in [0.29, 0.717) is 11.8 Å². The number of hydrogen-bond donors (Lipinski definition) is 0. The molecule has 7 rings (SSSR count). The Morgan fingerprint density at radius 2 is 1.63 bits per heavy atom.